The average Bonchev–Trinajstić information content (AvgIpc) is 2.50. The molecule has 0 aliphatic heterocycles. The molecular weight excluding hydrogens is 300 g/mol. The molecule has 0 aliphatic carbocycles. The van der Waals surface area contributed by atoms with E-state index >= 15 is 0 Å². The number of hydrogen-bond acceptors (Lipinski definition) is 4. The number of nitrogens with zero attached hydrogens (tertiary/aromatic N) is 2. The Bertz CT molecular complexity index is 835. The Labute approximate surface area is 134 Å². The van der Waals surface area contributed by atoms with E-state index < -0.39 is 0 Å². The molecule has 0 fully saturated rings. The van der Waals surface area contributed by atoms with Gasteiger partial charge in [0.05, 0.1) is 11.0 Å². The molecule has 0 saturated heterocycles. The first kappa shape index (κ1) is 15.7. The summed E-state index contributed by atoms with van der Waals surface area (Å²) in [4.78, 5) is 20.7. The maximum absolute atomic E-state index is 12.3. The summed E-state index contributed by atoms with van der Waals surface area (Å²) in [5.41, 5.74) is 10.0. The first-order valence-corrected chi connectivity index (χ1v) is 6.52. The minimum Gasteiger partial charge on any atom is -0.399 e. The van der Waals surface area contributed by atoms with E-state index in [1.165, 1.54) is 0 Å². The maximum atomic E-state index is 12.3. The highest BCUT2D eigenvalue weighted by molar-refractivity contribution is 6.06. The van der Waals surface area contributed by atoms with Crippen LogP contribution in [-0.2, 0) is 0 Å². The van der Waals surface area contributed by atoms with Crippen molar-refractivity contribution in [3.05, 3.63) is 59.9 Å². The normalized spacial score (nSPS) is 10.0. The molecule has 22 heavy (non-hydrogen) atoms. The predicted molar refractivity (Wildman–Crippen MR) is 90.3 cm³/mol. The van der Waals surface area contributed by atoms with Gasteiger partial charge in [-0.1, -0.05) is 6.07 Å². The minimum atomic E-state index is -0.198. The number of hydrogen-bond donors (Lipinski definition) is 2. The molecular formula is C16H15ClN4O. The number of rotatable bonds is 2. The van der Waals surface area contributed by atoms with Crippen LogP contribution in [0.2, 0.25) is 0 Å². The lowest BCUT2D eigenvalue weighted by Crippen LogP contribution is -2.13. The fraction of sp³-hybridized carbons (Fsp3) is 0.0625. The fourth-order valence-electron chi connectivity index (χ4n) is 2.07. The number of nitrogen functional groups attached to an aromatic ring is 1. The standard InChI is InChI=1S/C16H14N4O.ClH/c1-10-2-4-12(17)9-14(10)20-16(21)11-3-5-13-15(8-11)19-7-6-18-13;/h2-9H,17H2,1H3,(H,20,21);1H. The van der Waals surface area contributed by atoms with Crippen LogP contribution >= 0.6 is 12.4 Å². The quantitative estimate of drug-likeness (QED) is 0.712. The van der Waals surface area contributed by atoms with Gasteiger partial charge in [-0.25, -0.2) is 0 Å². The number of carbonyl (C=O) groups excluding carboxylic acids is 1. The molecule has 0 saturated carbocycles. The average molecular weight is 315 g/mol. The number of fused-ring (bicyclic) bond motifs is 1. The Kier molecular flexibility index (Phi) is 4.58. The van der Waals surface area contributed by atoms with Crippen molar-refractivity contribution in [1.82, 2.24) is 9.97 Å². The van der Waals surface area contributed by atoms with Gasteiger partial charge in [0.1, 0.15) is 0 Å². The molecule has 112 valence electrons. The zero-order chi connectivity index (χ0) is 14.8. The first-order chi connectivity index (χ1) is 10.1. The highest BCUT2D eigenvalue weighted by Gasteiger charge is 2.09. The third-order valence-electron chi connectivity index (χ3n) is 3.24. The molecule has 0 radical (unpaired) electrons. The summed E-state index contributed by atoms with van der Waals surface area (Å²) in [7, 11) is 0. The molecule has 0 atom stereocenters. The van der Waals surface area contributed by atoms with Crippen LogP contribution in [0.15, 0.2) is 48.8 Å². The lowest BCUT2D eigenvalue weighted by atomic mass is 10.1. The van der Waals surface area contributed by atoms with Gasteiger partial charge >= 0.3 is 0 Å². The first-order valence-electron chi connectivity index (χ1n) is 6.52. The second kappa shape index (κ2) is 6.41. The highest BCUT2D eigenvalue weighted by Crippen LogP contribution is 2.19. The smallest absolute Gasteiger partial charge is 0.255 e. The van der Waals surface area contributed by atoms with Crippen LogP contribution in [0.4, 0.5) is 11.4 Å². The molecule has 1 amide bonds. The van der Waals surface area contributed by atoms with Gasteiger partial charge in [-0.3, -0.25) is 14.8 Å². The number of nitrogens with one attached hydrogen (secondary N) is 1. The molecule has 3 rings (SSSR count). The molecule has 3 N–H and O–H groups in total. The van der Waals surface area contributed by atoms with Gasteiger partial charge in [0.25, 0.3) is 5.91 Å². The zero-order valence-electron chi connectivity index (χ0n) is 11.9. The molecule has 0 aliphatic rings. The second-order valence-corrected chi connectivity index (χ2v) is 4.79. The third-order valence-corrected chi connectivity index (χ3v) is 3.24. The number of amides is 1. The molecule has 1 heterocycles. The van der Waals surface area contributed by atoms with Crippen LogP contribution in [0, 0.1) is 6.92 Å². The summed E-state index contributed by atoms with van der Waals surface area (Å²) in [5.74, 6) is -0.198. The number of halogens is 1. The lowest BCUT2D eigenvalue weighted by Gasteiger charge is -2.09. The van der Waals surface area contributed by atoms with Crippen molar-refractivity contribution >= 4 is 40.7 Å². The molecule has 1 aromatic heterocycles. The van der Waals surface area contributed by atoms with Crippen molar-refractivity contribution in [3.8, 4) is 0 Å². The number of benzene rings is 2. The van der Waals surface area contributed by atoms with E-state index in [-0.39, 0.29) is 18.3 Å². The van der Waals surface area contributed by atoms with Crippen LogP contribution in [0.25, 0.3) is 11.0 Å². The second-order valence-electron chi connectivity index (χ2n) is 4.79. The summed E-state index contributed by atoms with van der Waals surface area (Å²) < 4.78 is 0. The van der Waals surface area contributed by atoms with Crippen LogP contribution in [0.1, 0.15) is 15.9 Å². The molecule has 5 nitrogen and oxygen atoms in total. The van der Waals surface area contributed by atoms with Crippen LogP contribution in [0.3, 0.4) is 0 Å². The van der Waals surface area contributed by atoms with E-state index in [0.717, 1.165) is 11.1 Å². The summed E-state index contributed by atoms with van der Waals surface area (Å²) in [6.45, 7) is 1.92. The van der Waals surface area contributed by atoms with Gasteiger partial charge in [-0.15, -0.1) is 12.4 Å². The van der Waals surface area contributed by atoms with Crippen molar-refractivity contribution in [2.24, 2.45) is 0 Å². The third kappa shape index (κ3) is 3.15. The molecule has 0 spiro atoms. The van der Waals surface area contributed by atoms with Crippen molar-refractivity contribution in [3.63, 3.8) is 0 Å². The highest BCUT2D eigenvalue weighted by atomic mass is 35.5. The Morgan fingerprint density at radius 1 is 1.05 bits per heavy atom. The van der Waals surface area contributed by atoms with Gasteiger partial charge in [0.2, 0.25) is 0 Å². The van der Waals surface area contributed by atoms with E-state index in [1.807, 2.05) is 13.0 Å². The van der Waals surface area contributed by atoms with E-state index in [9.17, 15) is 4.79 Å². The summed E-state index contributed by atoms with van der Waals surface area (Å²) in [5, 5.41) is 2.86. The van der Waals surface area contributed by atoms with Crippen molar-refractivity contribution in [2.75, 3.05) is 11.1 Å². The van der Waals surface area contributed by atoms with Crippen LogP contribution in [0.5, 0.6) is 0 Å². The van der Waals surface area contributed by atoms with Gasteiger partial charge in [-0.05, 0) is 42.8 Å². The van der Waals surface area contributed by atoms with Crippen molar-refractivity contribution < 1.29 is 4.79 Å². The Hall–Kier alpha value is -2.66. The largest absolute Gasteiger partial charge is 0.399 e. The molecule has 0 unspecified atom stereocenters. The fourth-order valence-corrected chi connectivity index (χ4v) is 2.07. The molecule has 3 aromatic rings. The van der Waals surface area contributed by atoms with Crippen molar-refractivity contribution in [1.29, 1.82) is 0 Å². The van der Waals surface area contributed by atoms with E-state index in [4.69, 9.17) is 5.73 Å². The monoisotopic (exact) mass is 314 g/mol. The number of aromatic nitrogens is 2. The number of aryl methyl sites for hydroxylation is 1. The Morgan fingerprint density at radius 3 is 2.55 bits per heavy atom. The van der Waals surface area contributed by atoms with Crippen molar-refractivity contribution in [2.45, 2.75) is 6.92 Å². The topological polar surface area (TPSA) is 80.9 Å². The summed E-state index contributed by atoms with van der Waals surface area (Å²) in [6.07, 6.45) is 3.23. The Balaban J connectivity index is 0.00000176. The maximum Gasteiger partial charge on any atom is 0.255 e. The SMILES string of the molecule is Cc1ccc(N)cc1NC(=O)c1ccc2nccnc2c1.Cl. The van der Waals surface area contributed by atoms with Crippen LogP contribution in [-0.4, -0.2) is 15.9 Å². The van der Waals surface area contributed by atoms with E-state index in [1.54, 1.807) is 42.7 Å². The summed E-state index contributed by atoms with van der Waals surface area (Å²) in [6, 6.07) is 10.7. The van der Waals surface area contributed by atoms with E-state index in [0.29, 0.717) is 22.5 Å². The van der Waals surface area contributed by atoms with Gasteiger partial charge in [0.15, 0.2) is 0 Å². The Morgan fingerprint density at radius 2 is 1.77 bits per heavy atom. The van der Waals surface area contributed by atoms with Gasteiger partial charge in [0, 0.05) is 29.3 Å². The van der Waals surface area contributed by atoms with Gasteiger partial charge in [-0.2, -0.15) is 0 Å². The number of anilines is 2. The molecule has 6 heteroatoms. The van der Waals surface area contributed by atoms with Crippen LogP contribution < -0.4 is 11.1 Å². The predicted octanol–water partition coefficient (Wildman–Crippen LogP) is 3.19. The molecule has 2 aromatic carbocycles. The lowest BCUT2D eigenvalue weighted by molar-refractivity contribution is 0.102. The van der Waals surface area contributed by atoms with Gasteiger partial charge < -0.3 is 11.1 Å². The number of nitrogens with two attached hydrogens (primary N) is 1. The minimum absolute atomic E-state index is 0. The number of carbonyl (C=O) groups is 1. The molecule has 0 bridgehead atoms. The zero-order valence-corrected chi connectivity index (χ0v) is 12.7. The summed E-state index contributed by atoms with van der Waals surface area (Å²) >= 11 is 0. The van der Waals surface area contributed by atoms with E-state index in [2.05, 4.69) is 15.3 Å².